The molecule has 0 aliphatic carbocycles. The molecule has 120 valence electrons. The van der Waals surface area contributed by atoms with Gasteiger partial charge in [-0.25, -0.2) is 0 Å². The van der Waals surface area contributed by atoms with Crippen LogP contribution in [0.3, 0.4) is 0 Å². The largest absolute Gasteiger partial charge is 0.416 e. The molecule has 0 saturated heterocycles. The van der Waals surface area contributed by atoms with E-state index in [0.717, 1.165) is 24.3 Å². The summed E-state index contributed by atoms with van der Waals surface area (Å²) in [5, 5.41) is 4.77. The zero-order chi connectivity index (χ0) is 16.9. The average Bonchev–Trinajstić information content (AvgIpc) is 2.53. The minimum absolute atomic E-state index is 0.207. The van der Waals surface area contributed by atoms with Crippen LogP contribution in [0.4, 0.5) is 18.9 Å². The highest BCUT2D eigenvalue weighted by atomic mass is 19.4. The minimum Gasteiger partial charge on any atom is -0.343 e. The SMILES string of the molecule is O=C(CNC(=O)c1cccnc1)Nc1ccc(C(F)(F)F)cc1. The minimum atomic E-state index is -4.43. The van der Waals surface area contributed by atoms with Gasteiger partial charge >= 0.3 is 6.18 Å². The van der Waals surface area contributed by atoms with Gasteiger partial charge in [-0.2, -0.15) is 13.2 Å². The highest BCUT2D eigenvalue weighted by Crippen LogP contribution is 2.29. The van der Waals surface area contributed by atoms with Crippen molar-refractivity contribution < 1.29 is 22.8 Å². The number of nitrogens with one attached hydrogen (secondary N) is 2. The van der Waals surface area contributed by atoms with Crippen LogP contribution >= 0.6 is 0 Å². The molecule has 0 saturated carbocycles. The Kier molecular flexibility index (Phi) is 4.95. The first-order valence-electron chi connectivity index (χ1n) is 6.51. The van der Waals surface area contributed by atoms with Crippen molar-refractivity contribution in [2.75, 3.05) is 11.9 Å². The fourth-order valence-corrected chi connectivity index (χ4v) is 1.71. The zero-order valence-corrected chi connectivity index (χ0v) is 11.7. The van der Waals surface area contributed by atoms with Gasteiger partial charge in [-0.1, -0.05) is 0 Å². The van der Waals surface area contributed by atoms with E-state index in [1.165, 1.54) is 18.5 Å². The summed E-state index contributed by atoms with van der Waals surface area (Å²) in [6.07, 6.45) is -1.57. The molecule has 0 aliphatic heterocycles. The van der Waals surface area contributed by atoms with E-state index in [9.17, 15) is 22.8 Å². The van der Waals surface area contributed by atoms with E-state index in [2.05, 4.69) is 15.6 Å². The van der Waals surface area contributed by atoms with Gasteiger partial charge in [0.25, 0.3) is 5.91 Å². The smallest absolute Gasteiger partial charge is 0.343 e. The summed E-state index contributed by atoms with van der Waals surface area (Å²) in [5.41, 5.74) is -0.297. The maximum Gasteiger partial charge on any atom is 0.416 e. The number of benzene rings is 1. The third-order valence-corrected chi connectivity index (χ3v) is 2.83. The maximum absolute atomic E-state index is 12.4. The van der Waals surface area contributed by atoms with Crippen molar-refractivity contribution in [3.8, 4) is 0 Å². The Morgan fingerprint density at radius 2 is 1.78 bits per heavy atom. The third kappa shape index (κ3) is 4.80. The second kappa shape index (κ2) is 6.91. The van der Waals surface area contributed by atoms with Crippen molar-refractivity contribution in [2.24, 2.45) is 0 Å². The first-order chi connectivity index (χ1) is 10.9. The second-order valence-corrected chi connectivity index (χ2v) is 4.55. The lowest BCUT2D eigenvalue weighted by atomic mass is 10.2. The molecule has 0 fully saturated rings. The van der Waals surface area contributed by atoms with Crippen LogP contribution in [-0.4, -0.2) is 23.3 Å². The molecule has 1 aromatic heterocycles. The summed E-state index contributed by atoms with van der Waals surface area (Å²) in [6, 6.07) is 7.13. The molecule has 2 aromatic rings. The Labute approximate surface area is 129 Å². The van der Waals surface area contributed by atoms with Crippen LogP contribution in [0.15, 0.2) is 48.8 Å². The molecule has 2 amide bonds. The number of carbonyl (C=O) groups excluding carboxylic acids is 2. The molecular formula is C15H12F3N3O2. The van der Waals surface area contributed by atoms with Crippen molar-refractivity contribution in [2.45, 2.75) is 6.18 Å². The van der Waals surface area contributed by atoms with Gasteiger partial charge in [0, 0.05) is 18.1 Å². The summed E-state index contributed by atoms with van der Waals surface area (Å²) in [4.78, 5) is 27.1. The summed E-state index contributed by atoms with van der Waals surface area (Å²) in [6.45, 7) is -0.311. The predicted octanol–water partition coefficient (Wildman–Crippen LogP) is 2.47. The molecule has 0 radical (unpaired) electrons. The topological polar surface area (TPSA) is 71.1 Å². The number of hydrogen-bond donors (Lipinski definition) is 2. The van der Waals surface area contributed by atoms with Gasteiger partial charge in [0.1, 0.15) is 0 Å². The molecule has 1 heterocycles. The van der Waals surface area contributed by atoms with E-state index >= 15 is 0 Å². The van der Waals surface area contributed by atoms with Gasteiger partial charge < -0.3 is 10.6 Å². The van der Waals surface area contributed by atoms with E-state index in [1.54, 1.807) is 6.07 Å². The number of rotatable bonds is 4. The third-order valence-electron chi connectivity index (χ3n) is 2.83. The molecule has 1 aromatic carbocycles. The number of aromatic nitrogens is 1. The standard InChI is InChI=1S/C15H12F3N3O2/c16-15(17,18)11-3-5-12(6-4-11)21-13(22)9-20-14(23)10-2-1-7-19-8-10/h1-8H,9H2,(H,20,23)(H,21,22). The van der Waals surface area contributed by atoms with Crippen LogP contribution in [0.25, 0.3) is 0 Å². The quantitative estimate of drug-likeness (QED) is 0.908. The lowest BCUT2D eigenvalue weighted by molar-refractivity contribution is -0.137. The highest BCUT2D eigenvalue weighted by Gasteiger charge is 2.29. The number of pyridine rings is 1. The molecule has 2 rings (SSSR count). The first-order valence-corrected chi connectivity index (χ1v) is 6.51. The molecule has 0 spiro atoms. The van der Waals surface area contributed by atoms with Crippen molar-refractivity contribution in [1.29, 1.82) is 0 Å². The van der Waals surface area contributed by atoms with Gasteiger partial charge in [0.15, 0.2) is 0 Å². The van der Waals surface area contributed by atoms with Crippen LogP contribution in [0.5, 0.6) is 0 Å². The van der Waals surface area contributed by atoms with Gasteiger partial charge in [-0.3, -0.25) is 14.6 Å². The summed E-state index contributed by atoms with van der Waals surface area (Å²) in [7, 11) is 0. The van der Waals surface area contributed by atoms with Crippen molar-refractivity contribution in [3.63, 3.8) is 0 Å². The average molecular weight is 323 g/mol. The molecule has 5 nitrogen and oxygen atoms in total. The van der Waals surface area contributed by atoms with Crippen LogP contribution in [0, 0.1) is 0 Å². The molecule has 0 bridgehead atoms. The Morgan fingerprint density at radius 3 is 2.35 bits per heavy atom. The lowest BCUT2D eigenvalue weighted by Crippen LogP contribution is -2.32. The fourth-order valence-electron chi connectivity index (χ4n) is 1.71. The molecule has 0 aliphatic rings. The van der Waals surface area contributed by atoms with Gasteiger partial charge in [0.2, 0.25) is 5.91 Å². The lowest BCUT2D eigenvalue weighted by Gasteiger charge is -2.09. The van der Waals surface area contributed by atoms with Crippen LogP contribution in [-0.2, 0) is 11.0 Å². The van der Waals surface area contributed by atoms with E-state index in [-0.39, 0.29) is 12.2 Å². The number of amides is 2. The zero-order valence-electron chi connectivity index (χ0n) is 11.7. The number of hydrogen-bond acceptors (Lipinski definition) is 3. The van der Waals surface area contributed by atoms with Crippen LogP contribution in [0.2, 0.25) is 0 Å². The second-order valence-electron chi connectivity index (χ2n) is 4.55. The number of carbonyl (C=O) groups is 2. The van der Waals surface area contributed by atoms with E-state index in [4.69, 9.17) is 0 Å². The summed E-state index contributed by atoms with van der Waals surface area (Å²) < 4.78 is 37.2. The van der Waals surface area contributed by atoms with Crippen molar-refractivity contribution >= 4 is 17.5 Å². The van der Waals surface area contributed by atoms with Crippen LogP contribution in [0.1, 0.15) is 15.9 Å². The number of nitrogens with zero attached hydrogens (tertiary/aromatic N) is 1. The normalized spacial score (nSPS) is 10.9. The van der Waals surface area contributed by atoms with Gasteiger partial charge in [-0.15, -0.1) is 0 Å². The Bertz CT molecular complexity index is 685. The highest BCUT2D eigenvalue weighted by molar-refractivity contribution is 5.99. The molecule has 0 unspecified atom stereocenters. The molecular weight excluding hydrogens is 311 g/mol. The molecule has 23 heavy (non-hydrogen) atoms. The van der Waals surface area contributed by atoms with Gasteiger partial charge in [-0.05, 0) is 36.4 Å². The Morgan fingerprint density at radius 1 is 1.09 bits per heavy atom. The summed E-state index contributed by atoms with van der Waals surface area (Å²) in [5.74, 6) is -1.03. The number of anilines is 1. The monoisotopic (exact) mass is 323 g/mol. The molecule has 2 N–H and O–H groups in total. The van der Waals surface area contributed by atoms with E-state index < -0.39 is 23.6 Å². The number of halogens is 3. The van der Waals surface area contributed by atoms with Crippen molar-refractivity contribution in [1.82, 2.24) is 10.3 Å². The molecule has 8 heteroatoms. The fraction of sp³-hybridized carbons (Fsp3) is 0.133. The first kappa shape index (κ1) is 16.5. The Balaban J connectivity index is 1.86. The Hall–Kier alpha value is -2.90. The summed E-state index contributed by atoms with van der Waals surface area (Å²) >= 11 is 0. The van der Waals surface area contributed by atoms with Gasteiger partial charge in [0.05, 0.1) is 17.7 Å². The van der Waals surface area contributed by atoms with Crippen LogP contribution < -0.4 is 10.6 Å². The maximum atomic E-state index is 12.4. The predicted molar refractivity (Wildman–Crippen MR) is 76.6 cm³/mol. The van der Waals surface area contributed by atoms with E-state index in [1.807, 2.05) is 0 Å². The number of alkyl halides is 3. The molecule has 0 atom stereocenters. The van der Waals surface area contributed by atoms with Crippen molar-refractivity contribution in [3.05, 3.63) is 59.9 Å². The van der Waals surface area contributed by atoms with E-state index in [0.29, 0.717) is 5.56 Å².